The Kier molecular flexibility index (Phi) is 5.73. The molecule has 0 aliphatic carbocycles. The number of rotatable bonds is 6. The predicted octanol–water partition coefficient (Wildman–Crippen LogP) is 0.0427. The van der Waals surface area contributed by atoms with E-state index in [1.165, 1.54) is 38.0 Å². The SMILES string of the molecule is COCC(=O)N1[C@H](C(=O)[O-])CS[C@H]1c1ccc(OC)c(OC)c1. The number of ether oxygens (including phenoxy) is 3. The molecule has 1 saturated heterocycles. The van der Waals surface area contributed by atoms with E-state index < -0.39 is 23.3 Å². The molecule has 1 aromatic rings. The minimum absolute atomic E-state index is 0.186. The van der Waals surface area contributed by atoms with E-state index in [1.54, 1.807) is 18.2 Å². The first-order valence-electron chi connectivity index (χ1n) is 6.88. The van der Waals surface area contributed by atoms with E-state index >= 15 is 0 Å². The molecule has 2 rings (SSSR count). The molecule has 1 aliphatic heterocycles. The first-order chi connectivity index (χ1) is 11.0. The van der Waals surface area contributed by atoms with Gasteiger partial charge in [-0.05, 0) is 17.7 Å². The highest BCUT2D eigenvalue weighted by Crippen LogP contribution is 2.43. The van der Waals surface area contributed by atoms with Crippen molar-refractivity contribution in [2.75, 3.05) is 33.7 Å². The maximum Gasteiger partial charge on any atom is 0.250 e. The molecule has 0 unspecified atom stereocenters. The van der Waals surface area contributed by atoms with Gasteiger partial charge in [-0.25, -0.2) is 0 Å². The second-order valence-electron chi connectivity index (χ2n) is 4.87. The fraction of sp³-hybridized carbons (Fsp3) is 0.467. The van der Waals surface area contributed by atoms with Crippen LogP contribution in [0.4, 0.5) is 0 Å². The summed E-state index contributed by atoms with van der Waals surface area (Å²) in [5.41, 5.74) is 0.751. The number of thioether (sulfide) groups is 1. The number of methoxy groups -OCH3 is 3. The summed E-state index contributed by atoms with van der Waals surface area (Å²) in [7, 11) is 4.43. The number of benzene rings is 1. The van der Waals surface area contributed by atoms with Crippen LogP contribution in [0, 0.1) is 0 Å². The molecule has 1 fully saturated rings. The average molecular weight is 340 g/mol. The quantitative estimate of drug-likeness (QED) is 0.722. The van der Waals surface area contributed by atoms with E-state index in [-0.39, 0.29) is 12.4 Å². The summed E-state index contributed by atoms with van der Waals surface area (Å²) in [6.45, 7) is -0.186. The Morgan fingerprint density at radius 2 is 1.96 bits per heavy atom. The lowest BCUT2D eigenvalue weighted by molar-refractivity contribution is -0.310. The number of hydrogen-bond donors (Lipinski definition) is 0. The third-order valence-electron chi connectivity index (χ3n) is 3.52. The Hall–Kier alpha value is -1.93. The van der Waals surface area contributed by atoms with E-state index in [0.717, 1.165) is 5.56 Å². The first-order valence-corrected chi connectivity index (χ1v) is 7.92. The molecule has 0 saturated carbocycles. The first kappa shape index (κ1) is 17.4. The smallest absolute Gasteiger partial charge is 0.250 e. The largest absolute Gasteiger partial charge is 0.548 e. The van der Waals surface area contributed by atoms with Crippen LogP contribution >= 0.6 is 11.8 Å². The minimum atomic E-state index is -1.27. The maximum absolute atomic E-state index is 12.3. The molecule has 23 heavy (non-hydrogen) atoms. The molecule has 8 heteroatoms. The van der Waals surface area contributed by atoms with E-state index in [0.29, 0.717) is 11.5 Å². The van der Waals surface area contributed by atoms with Crippen LogP contribution in [-0.2, 0) is 14.3 Å². The van der Waals surface area contributed by atoms with Gasteiger partial charge in [0.25, 0.3) is 0 Å². The van der Waals surface area contributed by atoms with Crippen molar-refractivity contribution in [3.8, 4) is 11.5 Å². The molecule has 1 aromatic carbocycles. The average Bonchev–Trinajstić information content (AvgIpc) is 2.99. The Morgan fingerprint density at radius 3 is 2.52 bits per heavy atom. The lowest BCUT2D eigenvalue weighted by Crippen LogP contribution is -2.49. The summed E-state index contributed by atoms with van der Waals surface area (Å²) in [5.74, 6) is -0.333. The third-order valence-corrected chi connectivity index (χ3v) is 4.84. The summed E-state index contributed by atoms with van der Waals surface area (Å²) >= 11 is 1.36. The van der Waals surface area contributed by atoms with Crippen LogP contribution < -0.4 is 14.6 Å². The van der Waals surface area contributed by atoms with Gasteiger partial charge in [-0.2, -0.15) is 0 Å². The second kappa shape index (κ2) is 7.56. The molecule has 126 valence electrons. The normalized spacial score (nSPS) is 20.4. The third kappa shape index (κ3) is 3.53. The molecular formula is C15H18NO6S-. The highest BCUT2D eigenvalue weighted by atomic mass is 32.2. The zero-order valence-corrected chi connectivity index (χ0v) is 13.9. The van der Waals surface area contributed by atoms with Crippen LogP contribution in [0.1, 0.15) is 10.9 Å². The molecule has 7 nitrogen and oxygen atoms in total. The van der Waals surface area contributed by atoms with Crippen LogP contribution in [-0.4, -0.2) is 56.5 Å². The Morgan fingerprint density at radius 1 is 1.26 bits per heavy atom. The van der Waals surface area contributed by atoms with Gasteiger partial charge in [0.1, 0.15) is 12.0 Å². The van der Waals surface area contributed by atoms with Gasteiger partial charge in [-0.3, -0.25) is 4.79 Å². The molecule has 2 atom stereocenters. The number of carbonyl (C=O) groups is 2. The van der Waals surface area contributed by atoms with Crippen LogP contribution in [0.2, 0.25) is 0 Å². The van der Waals surface area contributed by atoms with Crippen molar-refractivity contribution in [1.29, 1.82) is 0 Å². The lowest BCUT2D eigenvalue weighted by Gasteiger charge is -2.30. The number of amides is 1. The van der Waals surface area contributed by atoms with Crippen LogP contribution in [0.25, 0.3) is 0 Å². The topological polar surface area (TPSA) is 88.1 Å². The van der Waals surface area contributed by atoms with Crippen molar-refractivity contribution in [1.82, 2.24) is 4.90 Å². The molecule has 0 spiro atoms. The highest BCUT2D eigenvalue weighted by molar-refractivity contribution is 7.99. The Balaban J connectivity index is 2.36. The summed E-state index contributed by atoms with van der Waals surface area (Å²) in [6.07, 6.45) is 0. The predicted molar refractivity (Wildman–Crippen MR) is 82.3 cm³/mol. The minimum Gasteiger partial charge on any atom is -0.548 e. The monoisotopic (exact) mass is 340 g/mol. The molecule has 1 aliphatic rings. The zero-order chi connectivity index (χ0) is 17.0. The lowest BCUT2D eigenvalue weighted by atomic mass is 10.1. The van der Waals surface area contributed by atoms with Gasteiger partial charge in [-0.15, -0.1) is 11.8 Å². The highest BCUT2D eigenvalue weighted by Gasteiger charge is 2.39. The zero-order valence-electron chi connectivity index (χ0n) is 13.1. The number of hydrogen-bond acceptors (Lipinski definition) is 7. The van der Waals surface area contributed by atoms with Crippen molar-refractivity contribution >= 4 is 23.6 Å². The molecular weight excluding hydrogens is 322 g/mol. The number of aliphatic carboxylic acids is 1. The van der Waals surface area contributed by atoms with Gasteiger partial charge >= 0.3 is 0 Å². The number of carbonyl (C=O) groups excluding carboxylic acids is 2. The maximum atomic E-state index is 12.3. The van der Waals surface area contributed by atoms with Gasteiger partial charge in [-0.1, -0.05) is 6.07 Å². The summed E-state index contributed by atoms with van der Waals surface area (Å²) in [5, 5.41) is 10.9. The molecule has 1 heterocycles. The molecule has 1 amide bonds. The van der Waals surface area contributed by atoms with Crippen LogP contribution in [0.3, 0.4) is 0 Å². The van der Waals surface area contributed by atoms with Gasteiger partial charge in [0.15, 0.2) is 11.5 Å². The molecule has 0 bridgehead atoms. The molecule has 0 N–H and O–H groups in total. The van der Waals surface area contributed by atoms with E-state index in [4.69, 9.17) is 14.2 Å². The number of carboxylic acid groups (broad SMARTS) is 1. The molecule has 0 radical (unpaired) electrons. The standard InChI is InChI=1S/C15H19NO6S/c1-20-7-13(17)16-10(15(18)19)8-23-14(16)9-4-5-11(21-2)12(6-9)22-3/h4-6,10,14H,7-8H2,1-3H3,(H,18,19)/p-1/t10-,14-/m0/s1. The van der Waals surface area contributed by atoms with Crippen LogP contribution in [0.5, 0.6) is 11.5 Å². The van der Waals surface area contributed by atoms with Crippen molar-refractivity contribution in [2.24, 2.45) is 0 Å². The number of carboxylic acids is 1. The summed E-state index contributed by atoms with van der Waals surface area (Å²) in [6, 6.07) is 4.26. The van der Waals surface area contributed by atoms with Crippen molar-refractivity contribution in [3.63, 3.8) is 0 Å². The summed E-state index contributed by atoms with van der Waals surface area (Å²) < 4.78 is 15.3. The van der Waals surface area contributed by atoms with Crippen molar-refractivity contribution < 1.29 is 28.9 Å². The van der Waals surface area contributed by atoms with Crippen molar-refractivity contribution in [3.05, 3.63) is 23.8 Å². The Labute approximate surface area is 138 Å². The Bertz CT molecular complexity index is 593. The van der Waals surface area contributed by atoms with E-state index in [9.17, 15) is 14.7 Å². The van der Waals surface area contributed by atoms with Gasteiger partial charge in [0.2, 0.25) is 5.91 Å². The van der Waals surface area contributed by atoms with E-state index in [2.05, 4.69) is 0 Å². The second-order valence-corrected chi connectivity index (χ2v) is 5.98. The summed E-state index contributed by atoms with van der Waals surface area (Å²) in [4.78, 5) is 24.9. The fourth-order valence-corrected chi connectivity index (χ4v) is 3.88. The van der Waals surface area contributed by atoms with Gasteiger partial charge in [0, 0.05) is 12.9 Å². The van der Waals surface area contributed by atoms with Gasteiger partial charge < -0.3 is 29.0 Å². The fourth-order valence-electron chi connectivity index (χ4n) is 2.45. The number of nitrogens with zero attached hydrogens (tertiary/aromatic N) is 1. The molecule has 0 aromatic heterocycles. The van der Waals surface area contributed by atoms with Crippen molar-refractivity contribution in [2.45, 2.75) is 11.4 Å². The van der Waals surface area contributed by atoms with Gasteiger partial charge in [0.05, 0.1) is 26.2 Å². The van der Waals surface area contributed by atoms with Crippen LogP contribution in [0.15, 0.2) is 18.2 Å². The van der Waals surface area contributed by atoms with E-state index in [1.807, 2.05) is 0 Å².